The van der Waals surface area contributed by atoms with Gasteiger partial charge in [0.1, 0.15) is 0 Å². The first-order valence-electron chi connectivity index (χ1n) is 4.66. The summed E-state index contributed by atoms with van der Waals surface area (Å²) in [7, 11) is 3.63. The van der Waals surface area contributed by atoms with E-state index in [-0.39, 0.29) is 11.9 Å². The Hall–Kier alpha value is -0.570. The van der Waals surface area contributed by atoms with Crippen molar-refractivity contribution < 1.29 is 4.79 Å². The summed E-state index contributed by atoms with van der Waals surface area (Å²) in [5.41, 5.74) is 0. The second-order valence-electron chi connectivity index (χ2n) is 3.59. The number of amides is 1. The largest absolute Gasteiger partial charge is 0.347 e. The highest BCUT2D eigenvalue weighted by molar-refractivity contribution is 5.81. The molecule has 1 atom stereocenters. The molecule has 1 aliphatic heterocycles. The maximum absolute atomic E-state index is 11.5. The Labute approximate surface area is 74.1 Å². The molecule has 0 spiro atoms. The van der Waals surface area contributed by atoms with Crippen molar-refractivity contribution in [2.75, 3.05) is 20.6 Å². The van der Waals surface area contributed by atoms with Gasteiger partial charge in [-0.05, 0) is 19.4 Å². The lowest BCUT2D eigenvalue weighted by molar-refractivity contribution is -0.131. The van der Waals surface area contributed by atoms with Gasteiger partial charge in [0.05, 0.1) is 6.04 Å². The molecule has 1 saturated heterocycles. The predicted octanol–water partition coefficient (Wildman–Crippen LogP) is 0.607. The fourth-order valence-electron chi connectivity index (χ4n) is 1.55. The maximum atomic E-state index is 11.5. The molecule has 1 aliphatic rings. The molecule has 1 amide bonds. The highest BCUT2D eigenvalue weighted by atomic mass is 16.2. The number of nitrogens with one attached hydrogen (secondary N) is 1. The van der Waals surface area contributed by atoms with E-state index < -0.39 is 0 Å². The minimum Gasteiger partial charge on any atom is -0.347 e. The number of rotatable bonds is 1. The van der Waals surface area contributed by atoms with E-state index in [1.165, 1.54) is 19.3 Å². The first-order chi connectivity index (χ1) is 5.72. The van der Waals surface area contributed by atoms with E-state index in [4.69, 9.17) is 0 Å². The topological polar surface area (TPSA) is 32.3 Å². The van der Waals surface area contributed by atoms with Crippen molar-refractivity contribution in [1.82, 2.24) is 10.2 Å². The number of likely N-dealkylation sites (N-methyl/N-ethyl adjacent to an activating group) is 1. The molecular weight excluding hydrogens is 152 g/mol. The van der Waals surface area contributed by atoms with Gasteiger partial charge in [-0.2, -0.15) is 0 Å². The Kier molecular flexibility index (Phi) is 3.53. The maximum Gasteiger partial charge on any atom is 0.239 e. The Morgan fingerprint density at radius 3 is 2.75 bits per heavy atom. The van der Waals surface area contributed by atoms with Gasteiger partial charge >= 0.3 is 0 Å². The smallest absolute Gasteiger partial charge is 0.239 e. The average Bonchev–Trinajstić information content (AvgIpc) is 2.30. The monoisotopic (exact) mass is 170 g/mol. The van der Waals surface area contributed by atoms with Gasteiger partial charge in [-0.1, -0.05) is 12.8 Å². The third-order valence-corrected chi connectivity index (χ3v) is 2.30. The average molecular weight is 170 g/mol. The van der Waals surface area contributed by atoms with Crippen LogP contribution in [0.25, 0.3) is 0 Å². The van der Waals surface area contributed by atoms with Gasteiger partial charge in [0.2, 0.25) is 5.91 Å². The molecule has 0 aromatic rings. The van der Waals surface area contributed by atoms with E-state index in [1.807, 2.05) is 14.1 Å². The van der Waals surface area contributed by atoms with E-state index in [2.05, 4.69) is 5.32 Å². The molecule has 0 radical (unpaired) electrons. The van der Waals surface area contributed by atoms with Crippen LogP contribution in [0.4, 0.5) is 0 Å². The Balaban J connectivity index is 2.43. The molecule has 70 valence electrons. The zero-order chi connectivity index (χ0) is 8.97. The van der Waals surface area contributed by atoms with Crippen molar-refractivity contribution in [1.29, 1.82) is 0 Å². The number of hydrogen-bond donors (Lipinski definition) is 1. The fraction of sp³-hybridized carbons (Fsp3) is 0.889. The van der Waals surface area contributed by atoms with Crippen LogP contribution in [-0.4, -0.2) is 37.5 Å². The van der Waals surface area contributed by atoms with Gasteiger partial charge < -0.3 is 10.2 Å². The highest BCUT2D eigenvalue weighted by Crippen LogP contribution is 2.09. The second kappa shape index (κ2) is 4.45. The van der Waals surface area contributed by atoms with Crippen LogP contribution in [-0.2, 0) is 4.79 Å². The van der Waals surface area contributed by atoms with E-state index >= 15 is 0 Å². The Morgan fingerprint density at radius 1 is 1.33 bits per heavy atom. The predicted molar refractivity (Wildman–Crippen MR) is 49.0 cm³/mol. The normalized spacial score (nSPS) is 24.7. The Morgan fingerprint density at radius 2 is 2.08 bits per heavy atom. The van der Waals surface area contributed by atoms with Crippen molar-refractivity contribution in [2.45, 2.75) is 31.7 Å². The second-order valence-corrected chi connectivity index (χ2v) is 3.59. The molecule has 1 N–H and O–H groups in total. The number of carbonyl (C=O) groups excluding carboxylic acids is 1. The molecule has 0 aromatic heterocycles. The van der Waals surface area contributed by atoms with Crippen molar-refractivity contribution >= 4 is 5.91 Å². The third kappa shape index (κ3) is 2.48. The van der Waals surface area contributed by atoms with Crippen molar-refractivity contribution in [3.63, 3.8) is 0 Å². The summed E-state index contributed by atoms with van der Waals surface area (Å²) < 4.78 is 0. The van der Waals surface area contributed by atoms with Gasteiger partial charge in [-0.15, -0.1) is 0 Å². The van der Waals surface area contributed by atoms with Crippen LogP contribution >= 0.6 is 0 Å². The molecule has 12 heavy (non-hydrogen) atoms. The van der Waals surface area contributed by atoms with Crippen molar-refractivity contribution in [2.24, 2.45) is 0 Å². The minimum absolute atomic E-state index is 0.0718. The molecular formula is C9H18N2O. The first kappa shape index (κ1) is 9.52. The van der Waals surface area contributed by atoms with Crippen molar-refractivity contribution in [3.8, 4) is 0 Å². The molecule has 3 heteroatoms. The van der Waals surface area contributed by atoms with Crippen LogP contribution in [0.2, 0.25) is 0 Å². The van der Waals surface area contributed by atoms with E-state index in [0.717, 1.165) is 13.0 Å². The number of hydrogen-bond acceptors (Lipinski definition) is 2. The molecule has 0 saturated carbocycles. The molecule has 0 bridgehead atoms. The summed E-state index contributed by atoms with van der Waals surface area (Å²) in [5, 5.41) is 3.27. The van der Waals surface area contributed by atoms with E-state index in [0.29, 0.717) is 0 Å². The first-order valence-corrected chi connectivity index (χ1v) is 4.66. The van der Waals surface area contributed by atoms with Gasteiger partial charge in [0.25, 0.3) is 0 Å². The lowest BCUT2D eigenvalue weighted by Crippen LogP contribution is -2.43. The zero-order valence-electron chi connectivity index (χ0n) is 7.97. The summed E-state index contributed by atoms with van der Waals surface area (Å²) in [6, 6.07) is 0.0718. The molecule has 3 nitrogen and oxygen atoms in total. The third-order valence-electron chi connectivity index (χ3n) is 2.30. The summed E-state index contributed by atoms with van der Waals surface area (Å²) in [4.78, 5) is 13.2. The molecule has 1 fully saturated rings. The summed E-state index contributed by atoms with van der Waals surface area (Å²) in [6.07, 6.45) is 4.63. The van der Waals surface area contributed by atoms with E-state index in [1.54, 1.807) is 4.90 Å². The summed E-state index contributed by atoms with van der Waals surface area (Å²) >= 11 is 0. The van der Waals surface area contributed by atoms with Gasteiger partial charge in [-0.3, -0.25) is 4.79 Å². The Bertz CT molecular complexity index is 149. The van der Waals surface area contributed by atoms with Crippen LogP contribution in [0.3, 0.4) is 0 Å². The molecule has 0 aliphatic carbocycles. The van der Waals surface area contributed by atoms with Crippen LogP contribution in [0.1, 0.15) is 25.7 Å². The SMILES string of the molecule is CN(C)C(=O)[C@@H]1CCCCCN1. The molecule has 1 heterocycles. The van der Waals surface area contributed by atoms with Crippen LogP contribution in [0.15, 0.2) is 0 Å². The molecule has 1 rings (SSSR count). The molecule has 0 unspecified atom stereocenters. The standard InChI is InChI=1S/C9H18N2O/c1-11(2)9(12)8-6-4-3-5-7-10-8/h8,10H,3-7H2,1-2H3/t8-/m0/s1. The van der Waals surface area contributed by atoms with Gasteiger partial charge in [0, 0.05) is 14.1 Å². The van der Waals surface area contributed by atoms with Crippen LogP contribution < -0.4 is 5.32 Å². The number of nitrogens with zero attached hydrogens (tertiary/aromatic N) is 1. The van der Waals surface area contributed by atoms with Gasteiger partial charge in [-0.25, -0.2) is 0 Å². The van der Waals surface area contributed by atoms with Crippen LogP contribution in [0, 0.1) is 0 Å². The van der Waals surface area contributed by atoms with Gasteiger partial charge in [0.15, 0.2) is 0 Å². The summed E-state index contributed by atoms with van der Waals surface area (Å²) in [6.45, 7) is 0.990. The highest BCUT2D eigenvalue weighted by Gasteiger charge is 2.20. The zero-order valence-corrected chi connectivity index (χ0v) is 7.97. The molecule has 0 aromatic carbocycles. The minimum atomic E-state index is 0.0718. The number of carbonyl (C=O) groups is 1. The van der Waals surface area contributed by atoms with E-state index in [9.17, 15) is 4.79 Å². The summed E-state index contributed by atoms with van der Waals surface area (Å²) in [5.74, 6) is 0.219. The lowest BCUT2D eigenvalue weighted by Gasteiger charge is -2.19. The lowest BCUT2D eigenvalue weighted by atomic mass is 10.1. The van der Waals surface area contributed by atoms with Crippen LogP contribution in [0.5, 0.6) is 0 Å². The fourth-order valence-corrected chi connectivity index (χ4v) is 1.55. The quantitative estimate of drug-likeness (QED) is 0.625. The van der Waals surface area contributed by atoms with Crippen molar-refractivity contribution in [3.05, 3.63) is 0 Å².